The van der Waals surface area contributed by atoms with Crippen LogP contribution in [0.25, 0.3) is 0 Å². The van der Waals surface area contributed by atoms with Crippen molar-refractivity contribution in [1.29, 1.82) is 0 Å². The minimum absolute atomic E-state index is 0.320. The monoisotopic (exact) mass is 305 g/mol. The second-order valence-electron chi connectivity index (χ2n) is 5.30. The van der Waals surface area contributed by atoms with Crippen LogP contribution in [0.5, 0.6) is 5.75 Å². The molecule has 0 bridgehead atoms. The molecule has 0 amide bonds. The van der Waals surface area contributed by atoms with Gasteiger partial charge in [-0.2, -0.15) is 0 Å². The number of para-hydroxylation sites is 1. The maximum absolute atomic E-state index is 14.0. The second kappa shape index (κ2) is 6.46. The van der Waals surface area contributed by atoms with Crippen LogP contribution < -0.4 is 10.1 Å². The van der Waals surface area contributed by atoms with Crippen molar-refractivity contribution >= 4 is 11.6 Å². The van der Waals surface area contributed by atoms with Gasteiger partial charge in [0.15, 0.2) is 11.6 Å². The number of hydrogen-bond acceptors (Lipinski definition) is 2. The van der Waals surface area contributed by atoms with Crippen molar-refractivity contribution in [1.82, 2.24) is 5.32 Å². The van der Waals surface area contributed by atoms with Crippen LogP contribution in [0.15, 0.2) is 42.5 Å². The fourth-order valence-corrected chi connectivity index (χ4v) is 2.26. The van der Waals surface area contributed by atoms with Crippen molar-refractivity contribution < 1.29 is 9.13 Å². The van der Waals surface area contributed by atoms with E-state index in [-0.39, 0.29) is 5.82 Å². The van der Waals surface area contributed by atoms with E-state index >= 15 is 0 Å². The zero-order valence-electron chi connectivity index (χ0n) is 11.6. The summed E-state index contributed by atoms with van der Waals surface area (Å²) < 4.78 is 19.7. The lowest BCUT2D eigenvalue weighted by Gasteiger charge is -2.13. The SMILES string of the molecule is Fc1cccc(CNC2CC2)c1OCc1ccc(Cl)cc1. The minimum atomic E-state index is -0.320. The van der Waals surface area contributed by atoms with Crippen LogP contribution in [0.2, 0.25) is 5.02 Å². The van der Waals surface area contributed by atoms with Gasteiger partial charge in [-0.05, 0) is 36.6 Å². The Balaban J connectivity index is 1.69. The molecular formula is C17H17ClFNO. The summed E-state index contributed by atoms with van der Waals surface area (Å²) >= 11 is 5.85. The first-order chi connectivity index (χ1) is 10.2. The van der Waals surface area contributed by atoms with E-state index in [0.29, 0.717) is 30.0 Å². The van der Waals surface area contributed by atoms with Gasteiger partial charge in [0.25, 0.3) is 0 Å². The van der Waals surface area contributed by atoms with E-state index in [2.05, 4.69) is 5.32 Å². The van der Waals surface area contributed by atoms with Crippen LogP contribution >= 0.6 is 11.6 Å². The molecule has 0 aliphatic heterocycles. The highest BCUT2D eigenvalue weighted by Gasteiger charge is 2.21. The summed E-state index contributed by atoms with van der Waals surface area (Å²) in [4.78, 5) is 0. The molecule has 1 saturated carbocycles. The Bertz CT molecular complexity index is 611. The molecule has 1 aliphatic rings. The van der Waals surface area contributed by atoms with E-state index in [0.717, 1.165) is 11.1 Å². The number of rotatable bonds is 6. The standard InChI is InChI=1S/C17H17ClFNO/c18-14-6-4-12(5-7-14)11-21-17-13(2-1-3-16(17)19)10-20-15-8-9-15/h1-7,15,20H,8-11H2. The number of benzene rings is 2. The van der Waals surface area contributed by atoms with Crippen molar-refractivity contribution in [2.75, 3.05) is 0 Å². The van der Waals surface area contributed by atoms with Crippen molar-refractivity contribution in [3.63, 3.8) is 0 Å². The van der Waals surface area contributed by atoms with E-state index in [9.17, 15) is 4.39 Å². The molecule has 0 radical (unpaired) electrons. The predicted octanol–water partition coefficient (Wildman–Crippen LogP) is 4.31. The molecule has 0 aromatic heterocycles. The van der Waals surface area contributed by atoms with Gasteiger partial charge in [0.2, 0.25) is 0 Å². The molecule has 21 heavy (non-hydrogen) atoms. The third-order valence-corrected chi connectivity index (χ3v) is 3.76. The summed E-state index contributed by atoms with van der Waals surface area (Å²) in [5, 5.41) is 4.06. The summed E-state index contributed by atoms with van der Waals surface area (Å²) in [7, 11) is 0. The summed E-state index contributed by atoms with van der Waals surface area (Å²) in [5.41, 5.74) is 1.82. The fourth-order valence-electron chi connectivity index (χ4n) is 2.13. The first kappa shape index (κ1) is 14.4. The van der Waals surface area contributed by atoms with Gasteiger partial charge in [0.05, 0.1) is 0 Å². The number of hydrogen-bond donors (Lipinski definition) is 1. The number of halogens is 2. The van der Waals surface area contributed by atoms with Crippen LogP contribution in [-0.2, 0) is 13.2 Å². The molecule has 2 aromatic rings. The second-order valence-corrected chi connectivity index (χ2v) is 5.73. The molecule has 0 spiro atoms. The normalized spacial score (nSPS) is 14.2. The predicted molar refractivity (Wildman–Crippen MR) is 82.0 cm³/mol. The third-order valence-electron chi connectivity index (χ3n) is 3.50. The van der Waals surface area contributed by atoms with Crippen molar-refractivity contribution in [3.05, 3.63) is 64.4 Å². The largest absolute Gasteiger partial charge is 0.485 e. The zero-order valence-corrected chi connectivity index (χ0v) is 12.4. The van der Waals surface area contributed by atoms with E-state index in [4.69, 9.17) is 16.3 Å². The first-order valence-corrected chi connectivity index (χ1v) is 7.48. The summed E-state index contributed by atoms with van der Waals surface area (Å²) in [5.74, 6) is 0.0136. The lowest BCUT2D eigenvalue weighted by atomic mass is 10.2. The van der Waals surface area contributed by atoms with Crippen molar-refractivity contribution in [2.24, 2.45) is 0 Å². The third kappa shape index (κ3) is 3.96. The van der Waals surface area contributed by atoms with Gasteiger partial charge in [-0.15, -0.1) is 0 Å². The van der Waals surface area contributed by atoms with Gasteiger partial charge in [0, 0.05) is 23.2 Å². The van der Waals surface area contributed by atoms with Gasteiger partial charge >= 0.3 is 0 Å². The molecule has 3 rings (SSSR count). The molecule has 0 saturated heterocycles. The molecule has 1 N–H and O–H groups in total. The molecule has 0 atom stereocenters. The van der Waals surface area contributed by atoms with E-state index in [1.54, 1.807) is 18.2 Å². The van der Waals surface area contributed by atoms with Gasteiger partial charge in [-0.1, -0.05) is 35.9 Å². The molecule has 0 heterocycles. The quantitative estimate of drug-likeness (QED) is 0.858. The Labute approximate surface area is 128 Å². The van der Waals surface area contributed by atoms with Crippen LogP contribution in [0, 0.1) is 5.82 Å². The van der Waals surface area contributed by atoms with Crippen LogP contribution in [0.1, 0.15) is 24.0 Å². The Morgan fingerprint density at radius 2 is 1.90 bits per heavy atom. The van der Waals surface area contributed by atoms with E-state index in [1.165, 1.54) is 18.9 Å². The highest BCUT2D eigenvalue weighted by atomic mass is 35.5. The van der Waals surface area contributed by atoms with Gasteiger partial charge in [-0.25, -0.2) is 4.39 Å². The van der Waals surface area contributed by atoms with Gasteiger partial charge < -0.3 is 10.1 Å². The molecule has 110 valence electrons. The highest BCUT2D eigenvalue weighted by Crippen LogP contribution is 2.26. The maximum Gasteiger partial charge on any atom is 0.165 e. The summed E-state index contributed by atoms with van der Waals surface area (Å²) in [6.07, 6.45) is 2.41. The van der Waals surface area contributed by atoms with Crippen LogP contribution in [0.3, 0.4) is 0 Å². The highest BCUT2D eigenvalue weighted by molar-refractivity contribution is 6.30. The summed E-state index contributed by atoms with van der Waals surface area (Å²) in [6.45, 7) is 0.965. The van der Waals surface area contributed by atoms with Crippen LogP contribution in [-0.4, -0.2) is 6.04 Å². The fraction of sp³-hybridized carbons (Fsp3) is 0.294. The summed E-state index contributed by atoms with van der Waals surface area (Å²) in [6, 6.07) is 13.0. The average molecular weight is 306 g/mol. The lowest BCUT2D eigenvalue weighted by Crippen LogP contribution is -2.16. The topological polar surface area (TPSA) is 21.3 Å². The van der Waals surface area contributed by atoms with Crippen LogP contribution in [0.4, 0.5) is 4.39 Å². The zero-order chi connectivity index (χ0) is 14.7. The molecule has 2 aromatic carbocycles. The Kier molecular flexibility index (Phi) is 4.42. The molecule has 1 fully saturated rings. The van der Waals surface area contributed by atoms with E-state index in [1.807, 2.05) is 18.2 Å². The smallest absolute Gasteiger partial charge is 0.165 e. The van der Waals surface area contributed by atoms with Gasteiger partial charge in [-0.3, -0.25) is 0 Å². The molecule has 4 heteroatoms. The Morgan fingerprint density at radius 1 is 1.14 bits per heavy atom. The van der Waals surface area contributed by atoms with Crippen molar-refractivity contribution in [2.45, 2.75) is 32.0 Å². The minimum Gasteiger partial charge on any atom is -0.485 e. The average Bonchev–Trinajstić information content (AvgIpc) is 3.30. The number of ether oxygens (including phenoxy) is 1. The van der Waals surface area contributed by atoms with E-state index < -0.39 is 0 Å². The van der Waals surface area contributed by atoms with Gasteiger partial charge in [0.1, 0.15) is 6.61 Å². The first-order valence-electron chi connectivity index (χ1n) is 7.10. The number of nitrogens with one attached hydrogen (secondary N) is 1. The molecule has 1 aliphatic carbocycles. The van der Waals surface area contributed by atoms with Crippen molar-refractivity contribution in [3.8, 4) is 5.75 Å². The Hall–Kier alpha value is -1.58. The Morgan fingerprint density at radius 3 is 2.62 bits per heavy atom. The molecule has 0 unspecified atom stereocenters. The molecule has 2 nitrogen and oxygen atoms in total. The lowest BCUT2D eigenvalue weighted by molar-refractivity contribution is 0.286. The molecular weight excluding hydrogens is 289 g/mol. The maximum atomic E-state index is 14.0.